The molecular weight excluding hydrogens is 348 g/mol. The van der Waals surface area contributed by atoms with Crippen molar-refractivity contribution in [2.24, 2.45) is 17.8 Å². The fraction of sp³-hybridized carbons (Fsp3) is 0.517. The molecule has 1 saturated carbocycles. The lowest BCUT2D eigenvalue weighted by Gasteiger charge is -2.30. The van der Waals surface area contributed by atoms with Crippen LogP contribution < -0.4 is 0 Å². The van der Waals surface area contributed by atoms with Gasteiger partial charge in [-0.2, -0.15) is 0 Å². The van der Waals surface area contributed by atoms with Crippen molar-refractivity contribution >= 4 is 0 Å². The van der Waals surface area contributed by atoms with E-state index in [-0.39, 0.29) is 0 Å². The number of benzene rings is 1. The average molecular weight is 397 g/mol. The molecule has 0 aliphatic heterocycles. The lowest BCUT2D eigenvalue weighted by Crippen LogP contribution is -2.19. The maximum atomic E-state index is 3.81. The molecule has 2 bridgehead atoms. The standard InChI is InChI=1S/C21H24.4C2H6/c1-3-5-9-17(4-2)21(18-10-7-6-8-11-18)20-15-16-12-13-19(20)14-16;4*1-2/h3-13,16,19-21H,1,14-15H2,2H3;4*1-2H3/b9-5-,17-4+;;;;. The summed E-state index contributed by atoms with van der Waals surface area (Å²) < 4.78 is 0. The van der Waals surface area contributed by atoms with E-state index in [9.17, 15) is 0 Å². The summed E-state index contributed by atoms with van der Waals surface area (Å²) >= 11 is 0. The molecule has 3 rings (SSSR count). The van der Waals surface area contributed by atoms with Crippen molar-refractivity contribution < 1.29 is 0 Å². The first kappa shape index (κ1) is 29.4. The Bertz CT molecular complexity index is 573. The Hall–Kier alpha value is -1.82. The summed E-state index contributed by atoms with van der Waals surface area (Å²) in [5.41, 5.74) is 2.87. The Morgan fingerprint density at radius 3 is 1.90 bits per heavy atom. The van der Waals surface area contributed by atoms with E-state index in [1.807, 2.05) is 61.5 Å². The summed E-state index contributed by atoms with van der Waals surface area (Å²) in [7, 11) is 0. The maximum absolute atomic E-state index is 3.81. The zero-order valence-corrected chi connectivity index (χ0v) is 20.8. The molecule has 4 unspecified atom stereocenters. The second kappa shape index (κ2) is 19.5. The lowest BCUT2D eigenvalue weighted by molar-refractivity contribution is 0.399. The van der Waals surface area contributed by atoms with Crippen LogP contribution in [0.25, 0.3) is 0 Å². The Balaban J connectivity index is 0. The highest BCUT2D eigenvalue weighted by molar-refractivity contribution is 5.38. The fourth-order valence-electron chi connectivity index (χ4n) is 4.11. The molecule has 0 N–H and O–H groups in total. The topological polar surface area (TPSA) is 0 Å². The van der Waals surface area contributed by atoms with Gasteiger partial charge < -0.3 is 0 Å². The third kappa shape index (κ3) is 9.03. The smallest absolute Gasteiger partial charge is 0.0120 e. The number of fused-ring (bicyclic) bond motifs is 2. The SMILES string of the molecule is C=C/C=C\C(=C/C)C(c1ccccc1)C1CC2C=CC1C2.CC.CC.CC.CC. The van der Waals surface area contributed by atoms with E-state index in [2.05, 4.69) is 74.2 Å². The van der Waals surface area contributed by atoms with E-state index < -0.39 is 0 Å². The maximum Gasteiger partial charge on any atom is 0.0120 e. The molecule has 0 heteroatoms. The zero-order valence-electron chi connectivity index (χ0n) is 20.8. The molecule has 0 radical (unpaired) electrons. The van der Waals surface area contributed by atoms with Gasteiger partial charge in [-0.05, 0) is 48.7 Å². The number of hydrogen-bond acceptors (Lipinski definition) is 0. The molecule has 29 heavy (non-hydrogen) atoms. The van der Waals surface area contributed by atoms with Crippen molar-refractivity contribution in [3.8, 4) is 0 Å². The van der Waals surface area contributed by atoms with Gasteiger partial charge in [0.05, 0.1) is 0 Å². The molecule has 2 aliphatic rings. The fourth-order valence-corrected chi connectivity index (χ4v) is 4.11. The molecule has 0 aromatic heterocycles. The van der Waals surface area contributed by atoms with Gasteiger partial charge in [0, 0.05) is 5.92 Å². The molecule has 1 aromatic rings. The molecule has 1 aromatic carbocycles. The summed E-state index contributed by atoms with van der Waals surface area (Å²) in [6.45, 7) is 22.0. The van der Waals surface area contributed by atoms with Gasteiger partial charge in [0.25, 0.3) is 0 Å². The molecule has 0 heterocycles. The zero-order chi connectivity index (χ0) is 22.7. The van der Waals surface area contributed by atoms with Gasteiger partial charge in [0.2, 0.25) is 0 Å². The first-order chi connectivity index (χ1) is 14.3. The average Bonchev–Trinajstić information content (AvgIpc) is 3.46. The second-order valence-electron chi connectivity index (χ2n) is 6.22. The van der Waals surface area contributed by atoms with Crippen molar-refractivity contribution in [1.82, 2.24) is 0 Å². The molecule has 0 saturated heterocycles. The van der Waals surface area contributed by atoms with Gasteiger partial charge in [-0.1, -0.05) is 129 Å². The van der Waals surface area contributed by atoms with Crippen LogP contribution in [0.2, 0.25) is 0 Å². The van der Waals surface area contributed by atoms with Crippen molar-refractivity contribution in [3.63, 3.8) is 0 Å². The molecule has 0 spiro atoms. The van der Waals surface area contributed by atoms with Crippen molar-refractivity contribution in [2.45, 2.75) is 81.1 Å². The van der Waals surface area contributed by atoms with Gasteiger partial charge in [-0.15, -0.1) is 0 Å². The first-order valence-corrected chi connectivity index (χ1v) is 12.0. The third-order valence-corrected chi connectivity index (χ3v) is 5.03. The van der Waals surface area contributed by atoms with Crippen LogP contribution in [-0.2, 0) is 0 Å². The van der Waals surface area contributed by atoms with Crippen molar-refractivity contribution in [3.05, 3.63) is 84.5 Å². The van der Waals surface area contributed by atoms with Crippen molar-refractivity contribution in [2.75, 3.05) is 0 Å². The lowest BCUT2D eigenvalue weighted by atomic mass is 9.74. The summed E-state index contributed by atoms with van der Waals surface area (Å²) in [5, 5.41) is 0. The normalized spacial score (nSPS) is 22.0. The van der Waals surface area contributed by atoms with Crippen LogP contribution >= 0.6 is 0 Å². The van der Waals surface area contributed by atoms with E-state index in [4.69, 9.17) is 0 Å². The minimum absolute atomic E-state index is 0.507. The van der Waals surface area contributed by atoms with Gasteiger partial charge in [-0.25, -0.2) is 0 Å². The van der Waals surface area contributed by atoms with Crippen LogP contribution in [0.15, 0.2) is 78.9 Å². The van der Waals surface area contributed by atoms with Crippen molar-refractivity contribution in [1.29, 1.82) is 0 Å². The predicted octanol–water partition coefficient (Wildman–Crippen LogP) is 9.78. The predicted molar refractivity (Wildman–Crippen MR) is 137 cm³/mol. The summed E-state index contributed by atoms with van der Waals surface area (Å²) in [6, 6.07) is 11.0. The van der Waals surface area contributed by atoms with Crippen LogP contribution in [0.4, 0.5) is 0 Å². The van der Waals surface area contributed by atoms with Crippen LogP contribution in [0, 0.1) is 17.8 Å². The van der Waals surface area contributed by atoms with E-state index >= 15 is 0 Å². The van der Waals surface area contributed by atoms with E-state index in [0.29, 0.717) is 5.92 Å². The highest BCUT2D eigenvalue weighted by Gasteiger charge is 2.41. The van der Waals surface area contributed by atoms with Crippen LogP contribution in [0.3, 0.4) is 0 Å². The van der Waals surface area contributed by atoms with Gasteiger partial charge >= 0.3 is 0 Å². The highest BCUT2D eigenvalue weighted by Crippen LogP contribution is 2.51. The summed E-state index contributed by atoms with van der Waals surface area (Å²) in [5.74, 6) is 2.82. The van der Waals surface area contributed by atoms with E-state index in [0.717, 1.165) is 17.8 Å². The Labute approximate surface area is 183 Å². The minimum Gasteiger partial charge on any atom is -0.0991 e. The molecule has 164 valence electrons. The van der Waals surface area contributed by atoms with Gasteiger partial charge in [0.15, 0.2) is 0 Å². The molecule has 4 atom stereocenters. The first-order valence-electron chi connectivity index (χ1n) is 12.0. The van der Waals surface area contributed by atoms with Gasteiger partial charge in [-0.3, -0.25) is 0 Å². The molecular formula is C29H48. The number of hydrogen-bond donors (Lipinski definition) is 0. The Morgan fingerprint density at radius 1 is 0.897 bits per heavy atom. The molecule has 2 aliphatic carbocycles. The number of rotatable bonds is 5. The van der Waals surface area contributed by atoms with Gasteiger partial charge in [0.1, 0.15) is 0 Å². The Kier molecular flexibility index (Phi) is 19.8. The quantitative estimate of drug-likeness (QED) is 0.343. The summed E-state index contributed by atoms with van der Waals surface area (Å²) in [6.07, 6.45) is 16.0. The van der Waals surface area contributed by atoms with Crippen LogP contribution in [0.5, 0.6) is 0 Å². The van der Waals surface area contributed by atoms with Crippen LogP contribution in [0.1, 0.15) is 86.6 Å². The second-order valence-corrected chi connectivity index (χ2v) is 6.22. The Morgan fingerprint density at radius 2 is 1.48 bits per heavy atom. The molecule has 1 fully saturated rings. The minimum atomic E-state index is 0.507. The third-order valence-electron chi connectivity index (χ3n) is 5.03. The van der Waals surface area contributed by atoms with E-state index in [1.54, 1.807) is 0 Å². The number of allylic oxidation sites excluding steroid dienone is 7. The summed E-state index contributed by atoms with van der Waals surface area (Å²) in [4.78, 5) is 0. The monoisotopic (exact) mass is 396 g/mol. The molecule has 0 amide bonds. The highest BCUT2D eigenvalue weighted by atomic mass is 14.4. The largest absolute Gasteiger partial charge is 0.0991 e. The van der Waals surface area contributed by atoms with E-state index in [1.165, 1.54) is 24.0 Å². The molecule has 0 nitrogen and oxygen atoms in total. The van der Waals surface area contributed by atoms with Crippen LogP contribution in [-0.4, -0.2) is 0 Å².